The molecule has 0 amide bonds. The largest absolute Gasteiger partial charge is 0.307 e. The van der Waals surface area contributed by atoms with Crippen LogP contribution in [-0.2, 0) is 6.54 Å². The molecule has 132 valence electrons. The number of rotatable bonds is 4. The van der Waals surface area contributed by atoms with E-state index >= 15 is 0 Å². The van der Waals surface area contributed by atoms with Crippen molar-refractivity contribution >= 4 is 0 Å². The van der Waals surface area contributed by atoms with Gasteiger partial charge >= 0.3 is 0 Å². The van der Waals surface area contributed by atoms with Crippen LogP contribution in [0.3, 0.4) is 0 Å². The highest BCUT2D eigenvalue weighted by Crippen LogP contribution is 2.55. The summed E-state index contributed by atoms with van der Waals surface area (Å²) in [7, 11) is 0. The molecule has 4 bridgehead atoms. The van der Waals surface area contributed by atoms with Gasteiger partial charge in [0.05, 0.1) is 11.9 Å². The van der Waals surface area contributed by atoms with Gasteiger partial charge in [0.25, 0.3) is 0 Å². The summed E-state index contributed by atoms with van der Waals surface area (Å²) in [5, 5.41) is 11.6. The molecule has 4 fully saturated rings. The van der Waals surface area contributed by atoms with Gasteiger partial charge < -0.3 is 5.32 Å². The van der Waals surface area contributed by atoms with Crippen LogP contribution in [0.25, 0.3) is 11.3 Å². The van der Waals surface area contributed by atoms with Crippen LogP contribution in [0.1, 0.15) is 55.2 Å². The Morgan fingerprint density at radius 2 is 1.72 bits per heavy atom. The predicted molar refractivity (Wildman–Crippen MR) is 101 cm³/mol. The monoisotopic (exact) mass is 335 g/mol. The Bertz CT molecular complexity index is 753. The maximum absolute atomic E-state index is 4.35. The van der Waals surface area contributed by atoms with E-state index in [1.807, 2.05) is 6.20 Å². The molecule has 0 spiro atoms. The van der Waals surface area contributed by atoms with Crippen molar-refractivity contribution in [3.05, 3.63) is 41.1 Å². The van der Waals surface area contributed by atoms with Crippen molar-refractivity contribution in [2.45, 2.75) is 64.5 Å². The Hall–Kier alpha value is -1.61. The van der Waals surface area contributed by atoms with E-state index in [2.05, 4.69) is 47.6 Å². The number of nitrogens with zero attached hydrogens (tertiary/aromatic N) is 1. The summed E-state index contributed by atoms with van der Waals surface area (Å²) in [5.74, 6) is 2.96. The molecule has 1 aromatic heterocycles. The number of nitrogens with one attached hydrogen (secondary N) is 2. The summed E-state index contributed by atoms with van der Waals surface area (Å²) >= 11 is 0. The fourth-order valence-electron chi connectivity index (χ4n) is 6.20. The molecule has 4 saturated carbocycles. The summed E-state index contributed by atoms with van der Waals surface area (Å²) in [6, 6.07) is 6.70. The summed E-state index contributed by atoms with van der Waals surface area (Å²) in [6.07, 6.45) is 10.7. The Labute approximate surface area is 150 Å². The molecule has 6 rings (SSSR count). The number of aromatic nitrogens is 2. The summed E-state index contributed by atoms with van der Waals surface area (Å²) in [5.41, 5.74) is 6.83. The second-order valence-corrected chi connectivity index (χ2v) is 9.12. The summed E-state index contributed by atoms with van der Waals surface area (Å²) in [4.78, 5) is 0. The second kappa shape index (κ2) is 5.70. The molecule has 3 nitrogen and oxygen atoms in total. The Balaban J connectivity index is 1.36. The zero-order chi connectivity index (χ0) is 17.0. The van der Waals surface area contributed by atoms with Crippen LogP contribution < -0.4 is 5.32 Å². The van der Waals surface area contributed by atoms with Crippen LogP contribution in [0.5, 0.6) is 0 Å². The molecule has 3 heteroatoms. The van der Waals surface area contributed by atoms with Crippen molar-refractivity contribution < 1.29 is 0 Å². The zero-order valence-electron chi connectivity index (χ0n) is 15.4. The normalized spacial score (nSPS) is 33.1. The smallest absolute Gasteiger partial charge is 0.0695 e. The van der Waals surface area contributed by atoms with Crippen LogP contribution in [-0.4, -0.2) is 15.7 Å². The van der Waals surface area contributed by atoms with Crippen LogP contribution in [0.4, 0.5) is 0 Å². The lowest BCUT2D eigenvalue weighted by molar-refractivity contribution is -0.0205. The fourth-order valence-corrected chi connectivity index (χ4v) is 6.20. The molecular formula is C22H29N3. The van der Waals surface area contributed by atoms with Gasteiger partial charge in [-0.2, -0.15) is 5.10 Å². The average Bonchev–Trinajstić information content (AvgIpc) is 3.03. The quantitative estimate of drug-likeness (QED) is 0.846. The third kappa shape index (κ3) is 2.73. The first-order valence-corrected chi connectivity index (χ1v) is 9.95. The van der Waals surface area contributed by atoms with E-state index in [-0.39, 0.29) is 0 Å². The van der Waals surface area contributed by atoms with Crippen molar-refractivity contribution in [3.63, 3.8) is 0 Å². The number of H-pyrrole nitrogens is 1. The van der Waals surface area contributed by atoms with Crippen LogP contribution in [0, 0.1) is 31.6 Å². The third-order valence-electron chi connectivity index (χ3n) is 7.21. The van der Waals surface area contributed by atoms with Gasteiger partial charge in [-0.15, -0.1) is 0 Å². The maximum atomic E-state index is 4.35. The minimum absolute atomic E-state index is 0.409. The lowest BCUT2D eigenvalue weighted by Crippen LogP contribution is -2.58. The van der Waals surface area contributed by atoms with E-state index in [1.165, 1.54) is 66.5 Å². The van der Waals surface area contributed by atoms with Gasteiger partial charge in [0.2, 0.25) is 0 Å². The molecule has 0 atom stereocenters. The predicted octanol–water partition coefficient (Wildman–Crippen LogP) is 4.75. The van der Waals surface area contributed by atoms with Gasteiger partial charge in [0.1, 0.15) is 0 Å². The molecule has 4 aliphatic carbocycles. The summed E-state index contributed by atoms with van der Waals surface area (Å²) in [6.45, 7) is 5.29. The van der Waals surface area contributed by atoms with Crippen molar-refractivity contribution in [1.29, 1.82) is 0 Å². The highest BCUT2D eigenvalue weighted by atomic mass is 15.1. The van der Waals surface area contributed by atoms with Gasteiger partial charge in [-0.1, -0.05) is 12.1 Å². The van der Waals surface area contributed by atoms with Gasteiger partial charge in [-0.3, -0.25) is 5.10 Å². The molecule has 1 heterocycles. The lowest BCUT2D eigenvalue weighted by Gasteiger charge is -2.57. The first-order chi connectivity index (χ1) is 12.1. The van der Waals surface area contributed by atoms with Gasteiger partial charge in [0, 0.05) is 23.2 Å². The van der Waals surface area contributed by atoms with Gasteiger partial charge in [-0.25, -0.2) is 0 Å². The standard InChI is InChI=1S/C22H29N3/c1-14-3-4-19(5-15(14)2)21-20(13-24-25-21)12-23-22-9-16-6-17(10-22)8-18(7-16)11-22/h3-5,13,16-18,23H,6-12H2,1-2H3,(H,24,25). The number of benzene rings is 1. The van der Waals surface area contributed by atoms with Gasteiger partial charge in [-0.05, 0) is 87.3 Å². The van der Waals surface area contributed by atoms with Crippen molar-refractivity contribution in [2.24, 2.45) is 17.8 Å². The Morgan fingerprint density at radius 1 is 1.04 bits per heavy atom. The fraction of sp³-hybridized carbons (Fsp3) is 0.591. The topological polar surface area (TPSA) is 40.7 Å². The molecule has 0 saturated heterocycles. The first-order valence-electron chi connectivity index (χ1n) is 9.95. The van der Waals surface area contributed by atoms with Gasteiger partial charge in [0.15, 0.2) is 0 Å². The molecule has 25 heavy (non-hydrogen) atoms. The summed E-state index contributed by atoms with van der Waals surface area (Å²) < 4.78 is 0. The molecule has 2 N–H and O–H groups in total. The number of hydrogen-bond acceptors (Lipinski definition) is 2. The molecule has 2 aromatic rings. The highest BCUT2D eigenvalue weighted by Gasteiger charge is 2.50. The zero-order valence-corrected chi connectivity index (χ0v) is 15.4. The van der Waals surface area contributed by atoms with Crippen LogP contribution in [0.15, 0.2) is 24.4 Å². The minimum Gasteiger partial charge on any atom is -0.307 e. The van der Waals surface area contributed by atoms with Crippen LogP contribution >= 0.6 is 0 Å². The van der Waals surface area contributed by atoms with Crippen molar-refractivity contribution in [1.82, 2.24) is 15.5 Å². The van der Waals surface area contributed by atoms with Crippen molar-refractivity contribution in [3.8, 4) is 11.3 Å². The Morgan fingerprint density at radius 3 is 2.36 bits per heavy atom. The minimum atomic E-state index is 0.409. The molecule has 0 radical (unpaired) electrons. The highest BCUT2D eigenvalue weighted by molar-refractivity contribution is 5.64. The molecule has 0 aliphatic heterocycles. The number of aromatic amines is 1. The van der Waals surface area contributed by atoms with E-state index in [0.29, 0.717) is 5.54 Å². The molecule has 4 aliphatic rings. The molecular weight excluding hydrogens is 306 g/mol. The van der Waals surface area contributed by atoms with E-state index < -0.39 is 0 Å². The first kappa shape index (κ1) is 15.6. The van der Waals surface area contributed by atoms with Crippen molar-refractivity contribution in [2.75, 3.05) is 0 Å². The van der Waals surface area contributed by atoms with Crippen LogP contribution in [0.2, 0.25) is 0 Å². The number of hydrogen-bond donors (Lipinski definition) is 2. The number of aryl methyl sites for hydroxylation is 2. The SMILES string of the molecule is Cc1ccc(-c2[nH]ncc2CNC23CC4CC(CC(C4)C2)C3)cc1C. The van der Waals surface area contributed by atoms with E-state index in [0.717, 1.165) is 24.3 Å². The van der Waals surface area contributed by atoms with E-state index in [4.69, 9.17) is 0 Å². The lowest BCUT2D eigenvalue weighted by atomic mass is 9.53. The van der Waals surface area contributed by atoms with E-state index in [1.54, 1.807) is 0 Å². The second-order valence-electron chi connectivity index (χ2n) is 9.12. The molecule has 0 unspecified atom stereocenters. The average molecular weight is 335 g/mol. The third-order valence-corrected chi connectivity index (χ3v) is 7.21. The van der Waals surface area contributed by atoms with E-state index in [9.17, 15) is 0 Å². The molecule has 1 aromatic carbocycles. The maximum Gasteiger partial charge on any atom is 0.0695 e. The Kier molecular flexibility index (Phi) is 3.56.